The lowest BCUT2D eigenvalue weighted by molar-refractivity contribution is 0.0376. The number of ether oxygens (including phenoxy) is 1. The summed E-state index contributed by atoms with van der Waals surface area (Å²) in [7, 11) is 0. The van der Waals surface area contributed by atoms with Crippen molar-refractivity contribution in [2.75, 3.05) is 13.2 Å². The van der Waals surface area contributed by atoms with Gasteiger partial charge in [-0.3, -0.25) is 0 Å². The molecule has 1 unspecified atom stereocenters. The van der Waals surface area contributed by atoms with Crippen molar-refractivity contribution in [3.63, 3.8) is 0 Å². The molecule has 0 radical (unpaired) electrons. The molecule has 0 saturated heterocycles. The molecule has 2 N–H and O–H groups in total. The number of aliphatic hydroxyl groups is 1. The van der Waals surface area contributed by atoms with Gasteiger partial charge in [0.25, 0.3) is 0 Å². The number of benzene rings is 1. The highest BCUT2D eigenvalue weighted by atomic mass is 19.1. The fourth-order valence-corrected chi connectivity index (χ4v) is 1.51. The first kappa shape index (κ1) is 15.4. The number of nitrogens with one attached hydrogen (secondary N) is 1. The Morgan fingerprint density at radius 2 is 1.89 bits per heavy atom. The van der Waals surface area contributed by atoms with Crippen molar-refractivity contribution < 1.29 is 19.0 Å². The van der Waals surface area contributed by atoms with Gasteiger partial charge in [-0.25, -0.2) is 9.18 Å². The number of carbonyl (C=O) groups excluding carboxylic acids is 1. The molecule has 0 spiro atoms. The molecular weight excluding hydrogens is 249 g/mol. The SMILES string of the molecule is CC(C)(C)OC(=O)NCC(F)(CO)c1ccccc1. The number of amides is 1. The summed E-state index contributed by atoms with van der Waals surface area (Å²) in [5.41, 5.74) is -2.35. The fraction of sp³-hybridized carbons (Fsp3) is 0.500. The van der Waals surface area contributed by atoms with Gasteiger partial charge in [0.15, 0.2) is 5.67 Å². The molecule has 1 amide bonds. The lowest BCUT2D eigenvalue weighted by Gasteiger charge is -2.25. The Morgan fingerprint density at radius 1 is 1.32 bits per heavy atom. The zero-order valence-electron chi connectivity index (χ0n) is 11.4. The Kier molecular flexibility index (Phi) is 4.89. The van der Waals surface area contributed by atoms with Crippen LogP contribution in [0.15, 0.2) is 30.3 Å². The summed E-state index contributed by atoms with van der Waals surface area (Å²) >= 11 is 0. The van der Waals surface area contributed by atoms with E-state index in [-0.39, 0.29) is 6.54 Å². The van der Waals surface area contributed by atoms with Crippen LogP contribution in [-0.2, 0) is 10.4 Å². The van der Waals surface area contributed by atoms with Gasteiger partial charge in [0.1, 0.15) is 5.60 Å². The molecule has 1 rings (SSSR count). The molecule has 4 nitrogen and oxygen atoms in total. The minimum atomic E-state index is -2.02. The highest BCUT2D eigenvalue weighted by molar-refractivity contribution is 5.67. The first-order valence-corrected chi connectivity index (χ1v) is 6.09. The summed E-state index contributed by atoms with van der Waals surface area (Å²) in [5.74, 6) is 0. The second-order valence-electron chi connectivity index (χ2n) is 5.34. The van der Waals surface area contributed by atoms with Gasteiger partial charge in [0.05, 0.1) is 13.2 Å². The third-order valence-electron chi connectivity index (χ3n) is 2.45. The Morgan fingerprint density at radius 3 is 2.37 bits per heavy atom. The molecule has 0 aliphatic rings. The van der Waals surface area contributed by atoms with Crippen LogP contribution in [0.1, 0.15) is 26.3 Å². The van der Waals surface area contributed by atoms with Crippen LogP contribution in [0.4, 0.5) is 9.18 Å². The van der Waals surface area contributed by atoms with Gasteiger partial charge in [0.2, 0.25) is 0 Å². The highest BCUT2D eigenvalue weighted by Gasteiger charge is 2.32. The zero-order valence-corrected chi connectivity index (χ0v) is 11.4. The van der Waals surface area contributed by atoms with Gasteiger partial charge < -0.3 is 15.2 Å². The molecule has 0 fully saturated rings. The number of hydrogen-bond acceptors (Lipinski definition) is 3. The number of hydrogen-bond donors (Lipinski definition) is 2. The zero-order chi connectivity index (χ0) is 14.5. The smallest absolute Gasteiger partial charge is 0.407 e. The predicted molar refractivity (Wildman–Crippen MR) is 70.6 cm³/mol. The molecule has 0 aliphatic heterocycles. The van der Waals surface area contributed by atoms with Crippen molar-refractivity contribution in [2.45, 2.75) is 32.0 Å². The predicted octanol–water partition coefficient (Wildman–Crippen LogP) is 2.37. The van der Waals surface area contributed by atoms with Crippen LogP contribution in [0.5, 0.6) is 0 Å². The molecule has 106 valence electrons. The van der Waals surface area contributed by atoms with Crippen LogP contribution in [0.3, 0.4) is 0 Å². The monoisotopic (exact) mass is 269 g/mol. The molecule has 0 heterocycles. The molecule has 1 aromatic carbocycles. The third kappa shape index (κ3) is 4.87. The van der Waals surface area contributed by atoms with E-state index in [0.29, 0.717) is 5.56 Å². The first-order valence-electron chi connectivity index (χ1n) is 6.09. The van der Waals surface area contributed by atoms with Crippen molar-refractivity contribution in [3.05, 3.63) is 35.9 Å². The normalized spacial score (nSPS) is 14.6. The Labute approximate surface area is 112 Å². The summed E-state index contributed by atoms with van der Waals surface area (Å²) in [6, 6.07) is 8.22. The summed E-state index contributed by atoms with van der Waals surface area (Å²) in [6.45, 7) is 4.10. The van der Waals surface area contributed by atoms with Gasteiger partial charge in [-0.05, 0) is 26.3 Å². The maximum Gasteiger partial charge on any atom is 0.407 e. The van der Waals surface area contributed by atoms with E-state index in [4.69, 9.17) is 4.74 Å². The number of alkyl halides is 1. The number of aliphatic hydroxyl groups excluding tert-OH is 1. The van der Waals surface area contributed by atoms with Crippen molar-refractivity contribution in [1.82, 2.24) is 5.32 Å². The van der Waals surface area contributed by atoms with Crippen molar-refractivity contribution in [3.8, 4) is 0 Å². The van der Waals surface area contributed by atoms with Crippen LogP contribution in [0.2, 0.25) is 0 Å². The summed E-state index contributed by atoms with van der Waals surface area (Å²) in [4.78, 5) is 11.5. The Bertz CT molecular complexity index is 416. The van der Waals surface area contributed by atoms with E-state index in [1.807, 2.05) is 0 Å². The quantitative estimate of drug-likeness (QED) is 0.882. The Balaban J connectivity index is 2.65. The number of carbonyl (C=O) groups is 1. The molecule has 0 aliphatic carbocycles. The number of alkyl carbamates (subject to hydrolysis) is 1. The maximum absolute atomic E-state index is 14.5. The summed E-state index contributed by atoms with van der Waals surface area (Å²) in [5, 5.41) is 11.6. The summed E-state index contributed by atoms with van der Waals surface area (Å²) < 4.78 is 19.5. The van der Waals surface area contributed by atoms with E-state index in [1.54, 1.807) is 51.1 Å². The van der Waals surface area contributed by atoms with Gasteiger partial charge in [-0.2, -0.15) is 0 Å². The first-order chi connectivity index (χ1) is 8.77. The van der Waals surface area contributed by atoms with E-state index in [1.165, 1.54) is 0 Å². The van der Waals surface area contributed by atoms with Crippen molar-refractivity contribution in [1.29, 1.82) is 0 Å². The van der Waals surface area contributed by atoms with Gasteiger partial charge in [-0.15, -0.1) is 0 Å². The van der Waals surface area contributed by atoms with Crippen LogP contribution in [0, 0.1) is 0 Å². The molecular formula is C14H20FNO3. The van der Waals surface area contributed by atoms with Crippen LogP contribution in [0.25, 0.3) is 0 Å². The number of rotatable bonds is 4. The average Bonchev–Trinajstić information content (AvgIpc) is 2.35. The van der Waals surface area contributed by atoms with Gasteiger partial charge >= 0.3 is 6.09 Å². The van der Waals surface area contributed by atoms with Crippen molar-refractivity contribution >= 4 is 6.09 Å². The average molecular weight is 269 g/mol. The second-order valence-corrected chi connectivity index (χ2v) is 5.34. The van der Waals surface area contributed by atoms with Crippen LogP contribution < -0.4 is 5.32 Å². The molecule has 1 aromatic rings. The van der Waals surface area contributed by atoms with Gasteiger partial charge in [0, 0.05) is 0 Å². The van der Waals surface area contributed by atoms with E-state index >= 15 is 0 Å². The molecule has 0 saturated carbocycles. The largest absolute Gasteiger partial charge is 0.444 e. The second kappa shape index (κ2) is 6.02. The van der Waals surface area contributed by atoms with E-state index in [2.05, 4.69) is 5.32 Å². The summed E-state index contributed by atoms with van der Waals surface area (Å²) in [6.07, 6.45) is -0.709. The van der Waals surface area contributed by atoms with Gasteiger partial charge in [-0.1, -0.05) is 30.3 Å². The van der Waals surface area contributed by atoms with Crippen LogP contribution in [-0.4, -0.2) is 30.0 Å². The lowest BCUT2D eigenvalue weighted by Crippen LogP contribution is -2.42. The number of halogens is 1. The van der Waals surface area contributed by atoms with E-state index in [0.717, 1.165) is 0 Å². The Hall–Kier alpha value is -1.62. The molecule has 0 bridgehead atoms. The molecule has 19 heavy (non-hydrogen) atoms. The maximum atomic E-state index is 14.5. The lowest BCUT2D eigenvalue weighted by atomic mass is 9.97. The van der Waals surface area contributed by atoms with E-state index < -0.39 is 24.0 Å². The molecule has 0 aromatic heterocycles. The van der Waals surface area contributed by atoms with Crippen molar-refractivity contribution in [2.24, 2.45) is 0 Å². The van der Waals surface area contributed by atoms with Crippen LogP contribution >= 0.6 is 0 Å². The minimum absolute atomic E-state index is 0.313. The minimum Gasteiger partial charge on any atom is -0.444 e. The standard InChI is InChI=1S/C14H20FNO3/c1-13(2,3)19-12(18)16-9-14(15,10-17)11-7-5-4-6-8-11/h4-8,17H,9-10H2,1-3H3,(H,16,18). The third-order valence-corrected chi connectivity index (χ3v) is 2.45. The van der Waals surface area contributed by atoms with E-state index in [9.17, 15) is 14.3 Å². The topological polar surface area (TPSA) is 58.6 Å². The highest BCUT2D eigenvalue weighted by Crippen LogP contribution is 2.24. The molecule has 5 heteroatoms. The fourth-order valence-electron chi connectivity index (χ4n) is 1.51. The molecule has 1 atom stereocenters.